The summed E-state index contributed by atoms with van der Waals surface area (Å²) in [5.41, 5.74) is 7.47. The zero-order chi connectivity index (χ0) is 20.9. The normalized spacial score (nSPS) is 16.1. The van der Waals surface area contributed by atoms with Gasteiger partial charge in [0.25, 0.3) is 5.91 Å². The molecule has 1 aliphatic heterocycles. The van der Waals surface area contributed by atoms with Crippen molar-refractivity contribution in [1.29, 1.82) is 0 Å². The van der Waals surface area contributed by atoms with Crippen LogP contribution in [0, 0.1) is 0 Å². The van der Waals surface area contributed by atoms with Crippen LogP contribution >= 0.6 is 0 Å². The van der Waals surface area contributed by atoms with Crippen molar-refractivity contribution < 1.29 is 14.3 Å². The maximum Gasteiger partial charge on any atom is 0.254 e. The van der Waals surface area contributed by atoms with E-state index in [-0.39, 0.29) is 11.9 Å². The van der Waals surface area contributed by atoms with E-state index >= 15 is 0 Å². The van der Waals surface area contributed by atoms with Crippen molar-refractivity contribution >= 4 is 11.8 Å². The number of rotatable bonds is 5. The quantitative estimate of drug-likeness (QED) is 0.659. The second-order valence-electron chi connectivity index (χ2n) is 7.44. The van der Waals surface area contributed by atoms with Gasteiger partial charge < -0.3 is 15.4 Å². The fourth-order valence-corrected chi connectivity index (χ4v) is 3.88. The van der Waals surface area contributed by atoms with E-state index in [1.54, 1.807) is 30.3 Å². The van der Waals surface area contributed by atoms with Crippen LogP contribution in [0.3, 0.4) is 0 Å². The van der Waals surface area contributed by atoms with Crippen LogP contribution in [0.15, 0.2) is 78.9 Å². The van der Waals surface area contributed by atoms with Crippen molar-refractivity contribution in [2.75, 3.05) is 6.54 Å². The number of hydrogen-bond donors (Lipinski definition) is 1. The van der Waals surface area contributed by atoms with Gasteiger partial charge in [-0.2, -0.15) is 0 Å². The Bertz CT molecular complexity index is 1030. The molecule has 0 aromatic heterocycles. The Morgan fingerprint density at radius 1 is 0.833 bits per heavy atom. The molecule has 1 unspecified atom stereocenters. The molecule has 1 fully saturated rings. The lowest BCUT2D eigenvalue weighted by molar-refractivity contribution is 0.0611. The molecule has 0 bridgehead atoms. The molecule has 0 saturated carbocycles. The Kier molecular flexibility index (Phi) is 5.80. The van der Waals surface area contributed by atoms with Gasteiger partial charge in [-0.1, -0.05) is 36.4 Å². The monoisotopic (exact) mass is 400 g/mol. The lowest BCUT2D eigenvalue weighted by Gasteiger charge is -2.36. The summed E-state index contributed by atoms with van der Waals surface area (Å²) in [5.74, 6) is 0.674. The lowest BCUT2D eigenvalue weighted by Crippen LogP contribution is -2.38. The van der Waals surface area contributed by atoms with Gasteiger partial charge in [-0.25, -0.2) is 0 Å². The minimum atomic E-state index is -0.483. The Labute approximate surface area is 176 Å². The molecule has 5 heteroatoms. The first-order valence-corrected chi connectivity index (χ1v) is 10.2. The van der Waals surface area contributed by atoms with Gasteiger partial charge >= 0.3 is 0 Å². The third kappa shape index (κ3) is 4.35. The van der Waals surface area contributed by atoms with Crippen molar-refractivity contribution in [3.8, 4) is 11.5 Å². The van der Waals surface area contributed by atoms with Gasteiger partial charge in [0.1, 0.15) is 11.5 Å². The number of primary amides is 1. The van der Waals surface area contributed by atoms with E-state index in [4.69, 9.17) is 10.5 Å². The number of ether oxygens (including phenoxy) is 1. The molecule has 152 valence electrons. The first-order valence-electron chi connectivity index (χ1n) is 10.2. The van der Waals surface area contributed by atoms with Gasteiger partial charge in [-0.15, -0.1) is 0 Å². The van der Waals surface area contributed by atoms with Gasteiger partial charge in [0.05, 0.1) is 6.04 Å². The van der Waals surface area contributed by atoms with E-state index in [0.717, 1.165) is 25.8 Å². The van der Waals surface area contributed by atoms with Crippen molar-refractivity contribution in [2.45, 2.75) is 25.3 Å². The Balaban J connectivity index is 1.53. The van der Waals surface area contributed by atoms with Crippen LogP contribution in [0.4, 0.5) is 0 Å². The predicted molar refractivity (Wildman–Crippen MR) is 116 cm³/mol. The predicted octanol–water partition coefficient (Wildman–Crippen LogP) is 4.95. The first kappa shape index (κ1) is 19.7. The van der Waals surface area contributed by atoms with Crippen LogP contribution in [0.2, 0.25) is 0 Å². The number of carbonyl (C=O) groups excluding carboxylic acids is 2. The molecule has 0 aliphatic carbocycles. The molecule has 4 rings (SSSR count). The smallest absolute Gasteiger partial charge is 0.254 e. The summed E-state index contributed by atoms with van der Waals surface area (Å²) < 4.78 is 5.88. The third-order valence-corrected chi connectivity index (χ3v) is 5.40. The number of nitrogens with two attached hydrogens (primary N) is 1. The molecule has 3 aromatic rings. The average molecular weight is 400 g/mol. The number of amides is 2. The highest BCUT2D eigenvalue weighted by Crippen LogP contribution is 2.32. The summed E-state index contributed by atoms with van der Waals surface area (Å²) in [5, 5.41) is 0. The topological polar surface area (TPSA) is 72.6 Å². The summed E-state index contributed by atoms with van der Waals surface area (Å²) in [6.45, 7) is 0.748. The summed E-state index contributed by atoms with van der Waals surface area (Å²) >= 11 is 0. The molecule has 1 heterocycles. The van der Waals surface area contributed by atoms with Gasteiger partial charge in [-0.05, 0) is 67.3 Å². The van der Waals surface area contributed by atoms with E-state index in [2.05, 4.69) is 12.1 Å². The Morgan fingerprint density at radius 3 is 2.33 bits per heavy atom. The summed E-state index contributed by atoms with van der Waals surface area (Å²) in [6.07, 6.45) is 3.10. The van der Waals surface area contributed by atoms with Gasteiger partial charge in [0.15, 0.2) is 0 Å². The molecule has 0 spiro atoms. The lowest BCUT2D eigenvalue weighted by atomic mass is 9.94. The summed E-state index contributed by atoms with van der Waals surface area (Å²) in [4.78, 5) is 26.5. The van der Waals surface area contributed by atoms with Crippen LogP contribution < -0.4 is 10.5 Å². The van der Waals surface area contributed by atoms with Crippen LogP contribution in [0.5, 0.6) is 11.5 Å². The molecule has 2 N–H and O–H groups in total. The number of piperidine rings is 1. The largest absolute Gasteiger partial charge is 0.457 e. The molecule has 1 atom stereocenters. The van der Waals surface area contributed by atoms with Crippen LogP contribution in [-0.2, 0) is 0 Å². The van der Waals surface area contributed by atoms with Crippen molar-refractivity contribution in [1.82, 2.24) is 4.90 Å². The van der Waals surface area contributed by atoms with Crippen molar-refractivity contribution in [2.24, 2.45) is 5.73 Å². The zero-order valence-electron chi connectivity index (χ0n) is 16.7. The van der Waals surface area contributed by atoms with E-state index < -0.39 is 5.91 Å². The average Bonchev–Trinajstić information content (AvgIpc) is 2.80. The minimum absolute atomic E-state index is 0.0121. The molecule has 1 saturated heterocycles. The van der Waals surface area contributed by atoms with Crippen LogP contribution in [-0.4, -0.2) is 23.3 Å². The fourth-order valence-electron chi connectivity index (χ4n) is 3.88. The Hall–Kier alpha value is -3.60. The highest BCUT2D eigenvalue weighted by molar-refractivity contribution is 5.95. The third-order valence-electron chi connectivity index (χ3n) is 5.40. The Morgan fingerprint density at radius 2 is 1.60 bits per heavy atom. The SMILES string of the molecule is NC(=O)c1ccc(Oc2cccc(C(=O)N3CCCCC3c3ccccc3)c2)cc1. The van der Waals surface area contributed by atoms with Gasteiger partial charge in [0.2, 0.25) is 5.91 Å². The summed E-state index contributed by atoms with van der Waals surface area (Å²) in [7, 11) is 0. The maximum absolute atomic E-state index is 13.3. The molecular weight excluding hydrogens is 376 g/mol. The highest BCUT2D eigenvalue weighted by Gasteiger charge is 2.28. The molecule has 1 aliphatic rings. The molecule has 5 nitrogen and oxygen atoms in total. The number of likely N-dealkylation sites (tertiary alicyclic amines) is 1. The van der Waals surface area contributed by atoms with E-state index in [0.29, 0.717) is 22.6 Å². The van der Waals surface area contributed by atoms with E-state index in [1.807, 2.05) is 41.3 Å². The fraction of sp³-hybridized carbons (Fsp3) is 0.200. The molecule has 3 aromatic carbocycles. The summed E-state index contributed by atoms with van der Waals surface area (Å²) in [6, 6.07) is 24.1. The van der Waals surface area contributed by atoms with Gasteiger partial charge in [0, 0.05) is 17.7 Å². The first-order chi connectivity index (χ1) is 14.6. The zero-order valence-corrected chi connectivity index (χ0v) is 16.7. The standard InChI is InChI=1S/C25H24N2O3/c26-24(28)19-12-14-21(15-13-19)30-22-10-6-9-20(17-22)25(29)27-16-5-4-11-23(27)18-7-2-1-3-8-18/h1-3,6-10,12-15,17,23H,4-5,11,16H2,(H2,26,28). The minimum Gasteiger partial charge on any atom is -0.457 e. The maximum atomic E-state index is 13.3. The molecule has 2 amide bonds. The van der Waals surface area contributed by atoms with Crippen molar-refractivity contribution in [3.05, 3.63) is 95.6 Å². The van der Waals surface area contributed by atoms with Gasteiger partial charge in [-0.3, -0.25) is 9.59 Å². The molecule has 0 radical (unpaired) electrons. The second-order valence-corrected chi connectivity index (χ2v) is 7.44. The number of benzene rings is 3. The van der Waals surface area contributed by atoms with Crippen LogP contribution in [0.25, 0.3) is 0 Å². The molecule has 30 heavy (non-hydrogen) atoms. The van der Waals surface area contributed by atoms with E-state index in [9.17, 15) is 9.59 Å². The van der Waals surface area contributed by atoms with Crippen molar-refractivity contribution in [3.63, 3.8) is 0 Å². The second kappa shape index (κ2) is 8.82. The molecular formula is C25H24N2O3. The number of hydrogen-bond acceptors (Lipinski definition) is 3. The van der Waals surface area contributed by atoms with Crippen LogP contribution in [0.1, 0.15) is 51.6 Å². The van der Waals surface area contributed by atoms with E-state index in [1.165, 1.54) is 5.56 Å². The number of carbonyl (C=O) groups is 2. The highest BCUT2D eigenvalue weighted by atomic mass is 16.5. The number of nitrogens with zero attached hydrogens (tertiary/aromatic N) is 1.